The lowest BCUT2D eigenvalue weighted by molar-refractivity contribution is -0.143. The Kier molecular flexibility index (Phi) is 6.48. The first-order chi connectivity index (χ1) is 13.7. The summed E-state index contributed by atoms with van der Waals surface area (Å²) >= 11 is 0. The van der Waals surface area contributed by atoms with Crippen LogP contribution in [-0.2, 0) is 12.4 Å². The maximum atomic E-state index is 13.3. The zero-order valence-electron chi connectivity index (χ0n) is 15.2. The molecule has 2 rings (SSSR count). The Bertz CT molecular complexity index is 907. The lowest BCUT2D eigenvalue weighted by Crippen LogP contribution is -2.30. The second-order valence-corrected chi connectivity index (χ2v) is 5.96. The fourth-order valence-electron chi connectivity index (χ4n) is 2.40. The first-order valence-corrected chi connectivity index (χ1v) is 7.99. The molecule has 0 fully saturated rings. The molecule has 0 heterocycles. The van der Waals surface area contributed by atoms with Gasteiger partial charge in [-0.15, -0.1) is 0 Å². The molecule has 2 aromatic carbocycles. The quantitative estimate of drug-likeness (QED) is 0.523. The predicted octanol–water partition coefficient (Wildman–Crippen LogP) is 6.27. The molecular weight excluding hydrogens is 430 g/mol. The predicted molar refractivity (Wildman–Crippen MR) is 88.7 cm³/mol. The second-order valence-electron chi connectivity index (χ2n) is 5.96. The van der Waals surface area contributed by atoms with E-state index in [4.69, 9.17) is 4.74 Å². The molecule has 2 aromatic rings. The molecule has 0 atom stereocenters. The molecule has 0 bridgehead atoms. The molecule has 0 aliphatic carbocycles. The van der Waals surface area contributed by atoms with Crippen molar-refractivity contribution in [3.8, 4) is 11.5 Å². The Morgan fingerprint density at radius 2 is 1.53 bits per heavy atom. The highest BCUT2D eigenvalue weighted by Crippen LogP contribution is 2.42. The van der Waals surface area contributed by atoms with E-state index >= 15 is 0 Å². The van der Waals surface area contributed by atoms with Crippen LogP contribution in [0.25, 0.3) is 0 Å². The van der Waals surface area contributed by atoms with Crippen molar-refractivity contribution in [2.24, 2.45) is 0 Å². The van der Waals surface area contributed by atoms with Crippen LogP contribution >= 0.6 is 0 Å². The van der Waals surface area contributed by atoms with Gasteiger partial charge >= 0.3 is 25.1 Å². The molecule has 1 amide bonds. The molecule has 0 spiro atoms. The van der Waals surface area contributed by atoms with Crippen LogP contribution in [0.5, 0.6) is 11.5 Å². The fraction of sp³-hybridized carbons (Fsp3) is 0.278. The van der Waals surface area contributed by atoms with Crippen LogP contribution in [0.1, 0.15) is 16.7 Å². The summed E-state index contributed by atoms with van der Waals surface area (Å²) < 4.78 is 112. The molecule has 0 aliphatic heterocycles. The standard InChI is InChI=1S/C18H13F8NO3/c1-9-7-10(17(21,22)23)8-13(18(24,25)26)14(9)30-16(28)27(2)11-3-5-12(6-4-11)29-15(19)20/h3-8,15H,1-2H3. The van der Waals surface area contributed by atoms with E-state index < -0.39 is 47.5 Å². The molecule has 0 aromatic heterocycles. The lowest BCUT2D eigenvalue weighted by Gasteiger charge is -2.21. The minimum absolute atomic E-state index is 0.0414. The summed E-state index contributed by atoms with van der Waals surface area (Å²) in [5, 5.41) is 0. The summed E-state index contributed by atoms with van der Waals surface area (Å²) in [6.07, 6.45) is -11.6. The van der Waals surface area contributed by atoms with E-state index in [0.29, 0.717) is 6.07 Å². The summed E-state index contributed by atoms with van der Waals surface area (Å²) in [6, 6.07) is 4.75. The number of ether oxygens (including phenoxy) is 2. The molecule has 0 radical (unpaired) electrons. The third-order valence-corrected chi connectivity index (χ3v) is 3.82. The smallest absolute Gasteiger partial charge is 0.420 e. The molecule has 12 heteroatoms. The lowest BCUT2D eigenvalue weighted by atomic mass is 10.0. The monoisotopic (exact) mass is 443 g/mol. The van der Waals surface area contributed by atoms with Gasteiger partial charge in [0.15, 0.2) is 0 Å². The van der Waals surface area contributed by atoms with Crippen LogP contribution in [0.15, 0.2) is 36.4 Å². The molecule has 0 N–H and O–H groups in total. The first kappa shape index (κ1) is 23.2. The van der Waals surface area contributed by atoms with Gasteiger partial charge in [0.05, 0.1) is 11.1 Å². The van der Waals surface area contributed by atoms with Crippen LogP contribution in [0.4, 0.5) is 45.6 Å². The van der Waals surface area contributed by atoms with Gasteiger partial charge in [0.25, 0.3) is 0 Å². The van der Waals surface area contributed by atoms with Gasteiger partial charge in [-0.3, -0.25) is 4.90 Å². The number of hydrogen-bond donors (Lipinski definition) is 0. The zero-order chi connectivity index (χ0) is 22.9. The summed E-state index contributed by atoms with van der Waals surface area (Å²) in [4.78, 5) is 13.0. The van der Waals surface area contributed by atoms with Crippen LogP contribution < -0.4 is 14.4 Å². The number of halogens is 8. The van der Waals surface area contributed by atoms with E-state index in [1.54, 1.807) is 0 Å². The van der Waals surface area contributed by atoms with Crippen LogP contribution in [-0.4, -0.2) is 19.8 Å². The van der Waals surface area contributed by atoms with Gasteiger partial charge in [-0.05, 0) is 48.9 Å². The Balaban J connectivity index is 2.33. The van der Waals surface area contributed by atoms with Crippen LogP contribution in [0.2, 0.25) is 0 Å². The molecule has 30 heavy (non-hydrogen) atoms. The Morgan fingerprint density at radius 1 is 0.967 bits per heavy atom. The van der Waals surface area contributed by atoms with Crippen molar-refractivity contribution in [3.63, 3.8) is 0 Å². The highest BCUT2D eigenvalue weighted by atomic mass is 19.4. The number of hydrogen-bond acceptors (Lipinski definition) is 3. The minimum Gasteiger partial charge on any atom is -0.435 e. The van der Waals surface area contributed by atoms with Crippen molar-refractivity contribution >= 4 is 11.8 Å². The van der Waals surface area contributed by atoms with Gasteiger partial charge in [-0.2, -0.15) is 35.1 Å². The maximum Gasteiger partial charge on any atom is 0.420 e. The number of rotatable bonds is 4. The minimum atomic E-state index is -5.23. The van der Waals surface area contributed by atoms with Crippen molar-refractivity contribution in [2.45, 2.75) is 25.9 Å². The summed E-state index contributed by atoms with van der Waals surface area (Å²) in [5.74, 6) is -1.31. The van der Waals surface area contributed by atoms with E-state index in [2.05, 4.69) is 4.74 Å². The number of carbonyl (C=O) groups excluding carboxylic acids is 1. The summed E-state index contributed by atoms with van der Waals surface area (Å²) in [5.41, 5.74) is -3.83. The molecule has 164 valence electrons. The number of alkyl halides is 8. The Hall–Kier alpha value is -3.05. The number of benzene rings is 2. The summed E-state index contributed by atoms with van der Waals surface area (Å²) in [7, 11) is 1.11. The fourth-order valence-corrected chi connectivity index (χ4v) is 2.40. The molecule has 0 saturated carbocycles. The second kappa shape index (κ2) is 8.36. The van der Waals surface area contributed by atoms with Gasteiger partial charge in [-0.25, -0.2) is 4.79 Å². The number of carbonyl (C=O) groups is 1. The first-order valence-electron chi connectivity index (χ1n) is 7.99. The maximum absolute atomic E-state index is 13.3. The van der Waals surface area contributed by atoms with Gasteiger partial charge in [0, 0.05) is 12.7 Å². The third kappa shape index (κ3) is 5.51. The average Bonchev–Trinajstić information content (AvgIpc) is 2.60. The zero-order valence-corrected chi connectivity index (χ0v) is 15.2. The SMILES string of the molecule is Cc1cc(C(F)(F)F)cc(C(F)(F)F)c1OC(=O)N(C)c1ccc(OC(F)F)cc1. The van der Waals surface area contributed by atoms with Crippen molar-refractivity contribution in [1.82, 2.24) is 0 Å². The van der Waals surface area contributed by atoms with Gasteiger partial charge in [-0.1, -0.05) is 0 Å². The molecular formula is C18H13F8NO3. The number of anilines is 1. The molecule has 4 nitrogen and oxygen atoms in total. The van der Waals surface area contributed by atoms with Crippen molar-refractivity contribution < 1.29 is 49.4 Å². The topological polar surface area (TPSA) is 38.8 Å². The highest BCUT2D eigenvalue weighted by molar-refractivity contribution is 5.89. The van der Waals surface area contributed by atoms with Crippen molar-refractivity contribution in [2.75, 3.05) is 11.9 Å². The normalized spacial score (nSPS) is 12.1. The van der Waals surface area contributed by atoms with Crippen LogP contribution in [0, 0.1) is 6.92 Å². The Morgan fingerprint density at radius 3 is 2.00 bits per heavy atom. The highest BCUT2D eigenvalue weighted by Gasteiger charge is 2.40. The average molecular weight is 443 g/mol. The van der Waals surface area contributed by atoms with E-state index in [1.165, 1.54) is 0 Å². The van der Waals surface area contributed by atoms with Gasteiger partial charge in [0.1, 0.15) is 11.5 Å². The van der Waals surface area contributed by atoms with E-state index in [0.717, 1.165) is 43.1 Å². The van der Waals surface area contributed by atoms with Crippen LogP contribution in [0.3, 0.4) is 0 Å². The van der Waals surface area contributed by atoms with Gasteiger partial charge in [0.2, 0.25) is 0 Å². The molecule has 0 aliphatic rings. The van der Waals surface area contributed by atoms with Crippen molar-refractivity contribution in [1.29, 1.82) is 0 Å². The molecule has 0 unspecified atom stereocenters. The largest absolute Gasteiger partial charge is 0.435 e. The van der Waals surface area contributed by atoms with E-state index in [9.17, 15) is 39.9 Å². The third-order valence-electron chi connectivity index (χ3n) is 3.82. The molecule has 0 saturated heterocycles. The number of aryl methyl sites for hydroxylation is 1. The van der Waals surface area contributed by atoms with Gasteiger partial charge < -0.3 is 9.47 Å². The Labute approximate surface area is 164 Å². The van der Waals surface area contributed by atoms with Crippen molar-refractivity contribution in [3.05, 3.63) is 53.1 Å². The summed E-state index contributed by atoms with van der Waals surface area (Å²) in [6.45, 7) is -2.15. The van der Waals surface area contributed by atoms with E-state index in [-0.39, 0.29) is 17.5 Å². The number of amides is 1. The van der Waals surface area contributed by atoms with E-state index in [1.807, 2.05) is 0 Å². The number of nitrogens with zero attached hydrogens (tertiary/aromatic N) is 1.